The van der Waals surface area contributed by atoms with Gasteiger partial charge >= 0.3 is 5.97 Å². The Labute approximate surface area is 221 Å². The lowest BCUT2D eigenvalue weighted by Gasteiger charge is -2.10. The molecule has 1 saturated heterocycles. The molecule has 0 bridgehead atoms. The van der Waals surface area contributed by atoms with Crippen molar-refractivity contribution in [3.8, 4) is 5.75 Å². The van der Waals surface area contributed by atoms with E-state index in [1.165, 1.54) is 22.2 Å². The summed E-state index contributed by atoms with van der Waals surface area (Å²) in [5.74, 6) is -0.377. The zero-order chi connectivity index (χ0) is 25.1. The van der Waals surface area contributed by atoms with E-state index in [4.69, 9.17) is 4.74 Å². The van der Waals surface area contributed by atoms with Crippen molar-refractivity contribution in [3.05, 3.63) is 97.0 Å². The van der Waals surface area contributed by atoms with Gasteiger partial charge in [0.05, 0.1) is 19.7 Å². The molecule has 1 N–H and O–H groups in total. The van der Waals surface area contributed by atoms with Crippen LogP contribution in [-0.4, -0.2) is 34.1 Å². The third-order valence-corrected chi connectivity index (χ3v) is 7.39. The van der Waals surface area contributed by atoms with Crippen molar-refractivity contribution < 1.29 is 19.4 Å². The molecule has 1 aliphatic rings. The van der Waals surface area contributed by atoms with Crippen LogP contribution < -0.4 is 4.74 Å². The van der Waals surface area contributed by atoms with E-state index in [9.17, 15) is 14.7 Å². The molecule has 1 aliphatic heterocycles. The Kier molecular flexibility index (Phi) is 7.61. The van der Waals surface area contributed by atoms with Crippen LogP contribution in [0.1, 0.15) is 32.6 Å². The van der Waals surface area contributed by atoms with Crippen LogP contribution in [0.25, 0.3) is 6.08 Å². The average molecular weight is 598 g/mol. The summed E-state index contributed by atoms with van der Waals surface area (Å²) in [6.45, 7) is 4.25. The molecule has 6 nitrogen and oxygen atoms in total. The summed E-state index contributed by atoms with van der Waals surface area (Å²) < 4.78 is 6.94. The molecule has 1 heterocycles. The summed E-state index contributed by atoms with van der Waals surface area (Å²) in [7, 11) is 1.66. The first-order valence-electron chi connectivity index (χ1n) is 10.8. The number of carbonyl (C=O) groups excluding carboxylic acids is 1. The maximum absolute atomic E-state index is 12.8. The number of hydrogen-bond acceptors (Lipinski definition) is 5. The zero-order valence-electron chi connectivity index (χ0n) is 19.4. The number of aromatic carboxylic acids is 1. The van der Waals surface area contributed by atoms with Crippen molar-refractivity contribution in [2.75, 3.05) is 7.05 Å². The van der Waals surface area contributed by atoms with Gasteiger partial charge < -0.3 is 9.84 Å². The van der Waals surface area contributed by atoms with Crippen molar-refractivity contribution in [2.45, 2.75) is 20.5 Å². The predicted molar refractivity (Wildman–Crippen MR) is 148 cm³/mol. The predicted octanol–water partition coefficient (Wildman–Crippen LogP) is 6.42. The number of benzene rings is 3. The zero-order valence-corrected chi connectivity index (χ0v) is 22.4. The van der Waals surface area contributed by atoms with E-state index in [-0.39, 0.29) is 11.5 Å². The molecular formula is C27H23IN2O4S. The van der Waals surface area contributed by atoms with Gasteiger partial charge in [-0.05, 0) is 95.2 Å². The van der Waals surface area contributed by atoms with Gasteiger partial charge in [0, 0.05) is 7.05 Å². The highest BCUT2D eigenvalue weighted by Gasteiger charge is 2.30. The summed E-state index contributed by atoms with van der Waals surface area (Å²) in [6.07, 6.45) is 1.83. The van der Waals surface area contributed by atoms with E-state index < -0.39 is 5.97 Å². The number of nitrogens with zero attached hydrogens (tertiary/aromatic N) is 2. The summed E-state index contributed by atoms with van der Waals surface area (Å²) in [4.78, 5) is 30.9. The van der Waals surface area contributed by atoms with E-state index in [1.807, 2.05) is 36.4 Å². The number of amides is 1. The molecule has 3 aromatic rings. The average Bonchev–Trinajstić information content (AvgIpc) is 3.07. The Bertz CT molecular complexity index is 1380. The van der Waals surface area contributed by atoms with Gasteiger partial charge in [-0.3, -0.25) is 9.69 Å². The lowest BCUT2D eigenvalue weighted by molar-refractivity contribution is -0.121. The van der Waals surface area contributed by atoms with Crippen LogP contribution in [0.3, 0.4) is 0 Å². The Morgan fingerprint density at radius 3 is 2.63 bits per heavy atom. The van der Waals surface area contributed by atoms with Crippen molar-refractivity contribution in [1.82, 2.24) is 4.90 Å². The Morgan fingerprint density at radius 1 is 1.14 bits per heavy atom. The maximum atomic E-state index is 12.8. The first-order valence-corrected chi connectivity index (χ1v) is 12.7. The molecule has 3 aromatic carbocycles. The molecule has 0 radical (unpaired) electrons. The summed E-state index contributed by atoms with van der Waals surface area (Å²) in [5.41, 5.74) is 4.46. The minimum absolute atomic E-state index is 0.157. The monoisotopic (exact) mass is 598 g/mol. The highest BCUT2D eigenvalue weighted by molar-refractivity contribution is 14.1. The molecule has 8 heteroatoms. The van der Waals surface area contributed by atoms with Crippen LogP contribution in [-0.2, 0) is 11.4 Å². The molecule has 0 unspecified atom stereocenters. The molecule has 35 heavy (non-hydrogen) atoms. The standard InChI is InChI=1S/C27H23IN2O4S/c1-16-6-4-7-19(12-16)15-34-23-11-10-18(13-21(23)28)14-24-25(31)30(3)27(35-24)29-22-9-5-8-20(17(22)2)26(32)33/h4-14H,15H2,1-3H3,(H,32,33)/b24-14-,29-27?. The Balaban J connectivity index is 1.52. The molecule has 0 spiro atoms. The Hall–Kier alpha value is -3.11. The molecule has 1 fully saturated rings. The highest BCUT2D eigenvalue weighted by atomic mass is 127. The van der Waals surface area contributed by atoms with E-state index in [2.05, 4.69) is 46.6 Å². The number of likely N-dealkylation sites (N-methyl/N-ethyl adjacent to an activating group) is 1. The summed E-state index contributed by atoms with van der Waals surface area (Å²) in [5, 5.41) is 9.86. The van der Waals surface area contributed by atoms with Gasteiger partial charge in [0.15, 0.2) is 5.17 Å². The quantitative estimate of drug-likeness (QED) is 0.262. The van der Waals surface area contributed by atoms with Gasteiger partial charge in [0.1, 0.15) is 12.4 Å². The van der Waals surface area contributed by atoms with Crippen LogP contribution in [0.15, 0.2) is 70.6 Å². The fraction of sp³-hybridized carbons (Fsp3) is 0.148. The second-order valence-corrected chi connectivity index (χ2v) is 10.3. The van der Waals surface area contributed by atoms with Crippen LogP contribution in [0.4, 0.5) is 5.69 Å². The Morgan fingerprint density at radius 2 is 1.91 bits per heavy atom. The third kappa shape index (κ3) is 5.76. The number of carboxylic acids is 1. The fourth-order valence-electron chi connectivity index (χ4n) is 3.57. The van der Waals surface area contributed by atoms with Crippen LogP contribution in [0, 0.1) is 17.4 Å². The summed E-state index contributed by atoms with van der Waals surface area (Å²) in [6, 6.07) is 19.0. The number of ether oxygens (including phenoxy) is 1. The van der Waals surface area contributed by atoms with Crippen molar-refractivity contribution >= 4 is 63.2 Å². The number of carbonyl (C=O) groups is 2. The topological polar surface area (TPSA) is 79.2 Å². The van der Waals surface area contributed by atoms with E-state index in [1.54, 1.807) is 32.2 Å². The number of rotatable bonds is 6. The fourth-order valence-corrected chi connectivity index (χ4v) is 5.24. The van der Waals surface area contributed by atoms with Gasteiger partial charge in [0.2, 0.25) is 0 Å². The molecular weight excluding hydrogens is 575 g/mol. The first-order chi connectivity index (χ1) is 16.7. The molecule has 1 amide bonds. The second-order valence-electron chi connectivity index (χ2n) is 8.09. The van der Waals surface area contributed by atoms with E-state index >= 15 is 0 Å². The minimum atomic E-state index is -1.01. The number of aliphatic imine (C=N–C) groups is 1. The number of halogens is 1. The van der Waals surface area contributed by atoms with Crippen molar-refractivity contribution in [2.24, 2.45) is 4.99 Å². The van der Waals surface area contributed by atoms with Gasteiger partial charge in [-0.2, -0.15) is 0 Å². The molecule has 0 atom stereocenters. The first kappa shape index (κ1) is 25.0. The summed E-state index contributed by atoms with van der Waals surface area (Å²) >= 11 is 3.50. The largest absolute Gasteiger partial charge is 0.488 e. The van der Waals surface area contributed by atoms with Gasteiger partial charge in [-0.25, -0.2) is 9.79 Å². The number of hydrogen-bond donors (Lipinski definition) is 1. The lowest BCUT2D eigenvalue weighted by atomic mass is 10.1. The van der Waals surface area contributed by atoms with Gasteiger partial charge in [-0.1, -0.05) is 42.0 Å². The van der Waals surface area contributed by atoms with Crippen molar-refractivity contribution in [3.63, 3.8) is 0 Å². The SMILES string of the molecule is Cc1cccc(COc2ccc(/C=C3\SC(=Nc4cccc(C(=O)O)c4C)N(C)C3=O)cc2I)c1. The van der Waals surface area contributed by atoms with Crippen LogP contribution in [0.5, 0.6) is 5.75 Å². The number of thioether (sulfide) groups is 1. The number of amidine groups is 1. The molecule has 0 aromatic heterocycles. The van der Waals surface area contributed by atoms with Crippen LogP contribution >= 0.6 is 34.4 Å². The van der Waals surface area contributed by atoms with Crippen molar-refractivity contribution in [1.29, 1.82) is 0 Å². The lowest BCUT2D eigenvalue weighted by Crippen LogP contribution is -2.23. The normalized spacial score (nSPS) is 15.8. The van der Waals surface area contributed by atoms with Crippen LogP contribution in [0.2, 0.25) is 0 Å². The minimum Gasteiger partial charge on any atom is -0.488 e. The molecule has 0 saturated carbocycles. The molecule has 178 valence electrons. The van der Waals surface area contributed by atoms with E-state index in [0.29, 0.717) is 27.9 Å². The van der Waals surface area contributed by atoms with Gasteiger partial charge in [0.25, 0.3) is 5.91 Å². The third-order valence-electron chi connectivity index (χ3n) is 5.49. The van der Waals surface area contributed by atoms with Gasteiger partial charge in [-0.15, -0.1) is 0 Å². The maximum Gasteiger partial charge on any atom is 0.336 e. The number of aryl methyl sites for hydroxylation is 1. The highest BCUT2D eigenvalue weighted by Crippen LogP contribution is 2.35. The smallest absolute Gasteiger partial charge is 0.336 e. The molecule has 0 aliphatic carbocycles. The second kappa shape index (κ2) is 10.7. The van der Waals surface area contributed by atoms with E-state index in [0.717, 1.165) is 20.4 Å². The molecule has 4 rings (SSSR count). The number of carboxylic acid groups (broad SMARTS) is 1.